The molecular weight excluding hydrogens is 386 g/mol. The van der Waals surface area contributed by atoms with Gasteiger partial charge in [-0.3, -0.25) is 4.79 Å². The van der Waals surface area contributed by atoms with E-state index in [1.807, 2.05) is 25.1 Å². The van der Waals surface area contributed by atoms with Crippen molar-refractivity contribution in [2.24, 2.45) is 0 Å². The summed E-state index contributed by atoms with van der Waals surface area (Å²) in [5.41, 5.74) is 2.33. The third-order valence-corrected chi connectivity index (χ3v) is 7.04. The van der Waals surface area contributed by atoms with Crippen molar-refractivity contribution in [3.8, 4) is 0 Å². The number of hydrogen-bond acceptors (Lipinski definition) is 5. The Morgan fingerprint density at radius 3 is 2.79 bits per heavy atom. The van der Waals surface area contributed by atoms with Crippen LogP contribution in [0, 0.1) is 13.8 Å². The molecule has 1 atom stereocenters. The predicted octanol–water partition coefficient (Wildman–Crippen LogP) is 5.43. The monoisotopic (exact) mass is 407 g/mol. The molecule has 6 heteroatoms. The van der Waals surface area contributed by atoms with E-state index in [9.17, 15) is 4.79 Å². The molecule has 2 aromatic heterocycles. The van der Waals surface area contributed by atoms with Crippen molar-refractivity contribution >= 4 is 50.0 Å². The number of benzene rings is 2. The van der Waals surface area contributed by atoms with Crippen LogP contribution in [-0.4, -0.2) is 21.6 Å². The van der Waals surface area contributed by atoms with Gasteiger partial charge in [0, 0.05) is 10.3 Å². The van der Waals surface area contributed by atoms with Crippen molar-refractivity contribution in [3.05, 3.63) is 64.8 Å². The van der Waals surface area contributed by atoms with E-state index in [2.05, 4.69) is 53.4 Å². The summed E-state index contributed by atoms with van der Waals surface area (Å²) in [5, 5.41) is 7.43. The zero-order valence-electron chi connectivity index (χ0n) is 16.0. The van der Waals surface area contributed by atoms with E-state index < -0.39 is 0 Å². The Labute approximate surface area is 172 Å². The number of amides is 1. The van der Waals surface area contributed by atoms with Crippen LogP contribution in [0.2, 0.25) is 0 Å². The number of hydrogen-bond donors (Lipinski definition) is 1. The minimum absolute atomic E-state index is 0.00167. The van der Waals surface area contributed by atoms with E-state index in [1.165, 1.54) is 33.0 Å². The highest BCUT2D eigenvalue weighted by Gasteiger charge is 2.16. The second-order valence-electron chi connectivity index (χ2n) is 6.79. The molecule has 0 saturated carbocycles. The average Bonchev–Trinajstić information content (AvgIpc) is 3.00. The van der Waals surface area contributed by atoms with Crippen LogP contribution in [0.5, 0.6) is 0 Å². The smallest absolute Gasteiger partial charge is 0.230 e. The second kappa shape index (κ2) is 7.89. The van der Waals surface area contributed by atoms with E-state index in [1.54, 1.807) is 17.7 Å². The van der Waals surface area contributed by atoms with Crippen molar-refractivity contribution in [1.82, 2.24) is 15.3 Å². The molecule has 0 aliphatic heterocycles. The molecule has 4 nitrogen and oxygen atoms in total. The van der Waals surface area contributed by atoms with Crippen molar-refractivity contribution in [2.75, 3.05) is 5.75 Å². The van der Waals surface area contributed by atoms with Crippen LogP contribution in [-0.2, 0) is 4.79 Å². The average molecular weight is 408 g/mol. The maximum Gasteiger partial charge on any atom is 0.230 e. The van der Waals surface area contributed by atoms with Crippen LogP contribution in [0.25, 0.3) is 21.0 Å². The van der Waals surface area contributed by atoms with Gasteiger partial charge in [0.05, 0.1) is 11.8 Å². The van der Waals surface area contributed by atoms with Crippen molar-refractivity contribution in [2.45, 2.75) is 31.8 Å². The highest BCUT2D eigenvalue weighted by molar-refractivity contribution is 8.00. The molecule has 0 aliphatic rings. The molecule has 0 fully saturated rings. The number of thioether (sulfide) groups is 1. The number of aromatic nitrogens is 2. The van der Waals surface area contributed by atoms with Gasteiger partial charge in [-0.15, -0.1) is 11.3 Å². The Bertz CT molecular complexity index is 1160. The lowest BCUT2D eigenvalue weighted by atomic mass is 10.00. The minimum atomic E-state index is -0.0604. The number of fused-ring (bicyclic) bond motifs is 2. The Morgan fingerprint density at radius 2 is 1.93 bits per heavy atom. The largest absolute Gasteiger partial charge is 0.349 e. The second-order valence-corrected chi connectivity index (χ2v) is 8.96. The van der Waals surface area contributed by atoms with Crippen LogP contribution < -0.4 is 5.32 Å². The van der Waals surface area contributed by atoms with E-state index in [0.29, 0.717) is 5.75 Å². The first-order valence-electron chi connectivity index (χ1n) is 9.15. The number of nitrogens with one attached hydrogen (secondary N) is 1. The summed E-state index contributed by atoms with van der Waals surface area (Å²) in [7, 11) is 0. The lowest BCUT2D eigenvalue weighted by Gasteiger charge is -2.16. The van der Waals surface area contributed by atoms with Gasteiger partial charge < -0.3 is 5.32 Å². The quantitative estimate of drug-likeness (QED) is 0.354. The van der Waals surface area contributed by atoms with Gasteiger partial charge >= 0.3 is 0 Å². The summed E-state index contributed by atoms with van der Waals surface area (Å²) in [6.07, 6.45) is 1.58. The van der Waals surface area contributed by atoms with Crippen molar-refractivity contribution < 1.29 is 4.79 Å². The van der Waals surface area contributed by atoms with Crippen LogP contribution in [0.3, 0.4) is 0 Å². The molecule has 28 heavy (non-hydrogen) atoms. The van der Waals surface area contributed by atoms with Gasteiger partial charge in [0.1, 0.15) is 16.2 Å². The molecule has 142 valence electrons. The van der Waals surface area contributed by atoms with Gasteiger partial charge in [-0.2, -0.15) is 0 Å². The molecule has 2 aromatic carbocycles. The van der Waals surface area contributed by atoms with E-state index in [4.69, 9.17) is 0 Å². The molecular formula is C22H21N3OS2. The van der Waals surface area contributed by atoms with Gasteiger partial charge in [-0.25, -0.2) is 9.97 Å². The number of carbonyl (C=O) groups excluding carboxylic acids is 1. The molecule has 1 N–H and O–H groups in total. The maximum absolute atomic E-state index is 12.6. The number of thiophene rings is 1. The standard InChI is InChI=1S/C22H21N3OS2/c1-13-15(3)28-22-20(13)21(23-12-24-22)27-11-19(26)25-14(2)17-10-6-8-16-7-4-5-9-18(16)17/h4-10,12,14H,11H2,1-3H3,(H,25,26). The third-order valence-electron chi connectivity index (χ3n) is 4.94. The number of aryl methyl sites for hydroxylation is 2. The summed E-state index contributed by atoms with van der Waals surface area (Å²) in [6, 6.07) is 14.4. The third kappa shape index (κ3) is 3.62. The van der Waals surface area contributed by atoms with E-state index in [0.717, 1.165) is 20.8 Å². The lowest BCUT2D eigenvalue weighted by molar-refractivity contribution is -0.119. The number of carbonyl (C=O) groups is 1. The molecule has 0 spiro atoms. The summed E-state index contributed by atoms with van der Waals surface area (Å²) in [4.78, 5) is 23.6. The zero-order chi connectivity index (χ0) is 19.7. The van der Waals surface area contributed by atoms with Gasteiger partial charge in [-0.1, -0.05) is 54.2 Å². The molecule has 1 unspecified atom stereocenters. The molecule has 0 bridgehead atoms. The molecule has 1 amide bonds. The summed E-state index contributed by atoms with van der Waals surface area (Å²) in [6.45, 7) is 6.21. The van der Waals surface area contributed by atoms with Crippen LogP contribution in [0.4, 0.5) is 0 Å². The summed E-state index contributed by atoms with van der Waals surface area (Å²) in [5.74, 6) is 0.331. The highest BCUT2D eigenvalue weighted by Crippen LogP contribution is 2.34. The number of rotatable bonds is 5. The van der Waals surface area contributed by atoms with Gasteiger partial charge in [0.15, 0.2) is 0 Å². The van der Waals surface area contributed by atoms with E-state index in [-0.39, 0.29) is 11.9 Å². The first-order valence-corrected chi connectivity index (χ1v) is 11.0. The molecule has 0 aliphatic carbocycles. The Balaban J connectivity index is 1.48. The van der Waals surface area contributed by atoms with Crippen LogP contribution >= 0.6 is 23.1 Å². The Kier molecular flexibility index (Phi) is 5.33. The summed E-state index contributed by atoms with van der Waals surface area (Å²) >= 11 is 3.14. The SMILES string of the molecule is Cc1sc2ncnc(SCC(=O)NC(C)c3cccc4ccccc34)c2c1C. The number of nitrogens with zero attached hydrogens (tertiary/aromatic N) is 2. The lowest BCUT2D eigenvalue weighted by Crippen LogP contribution is -2.28. The van der Waals surface area contributed by atoms with E-state index >= 15 is 0 Å². The molecule has 4 rings (SSSR count). The van der Waals surface area contributed by atoms with Gasteiger partial charge in [0.25, 0.3) is 0 Å². The van der Waals surface area contributed by atoms with Crippen LogP contribution in [0.15, 0.2) is 53.8 Å². The highest BCUT2D eigenvalue weighted by atomic mass is 32.2. The normalized spacial score (nSPS) is 12.4. The fourth-order valence-corrected chi connectivity index (χ4v) is 5.31. The molecule has 0 radical (unpaired) electrons. The van der Waals surface area contributed by atoms with Crippen molar-refractivity contribution in [1.29, 1.82) is 0 Å². The topological polar surface area (TPSA) is 54.9 Å². The fourth-order valence-electron chi connectivity index (χ4n) is 3.38. The van der Waals surface area contributed by atoms with Crippen LogP contribution in [0.1, 0.15) is 29.0 Å². The molecule has 2 heterocycles. The zero-order valence-corrected chi connectivity index (χ0v) is 17.7. The first-order chi connectivity index (χ1) is 13.5. The van der Waals surface area contributed by atoms with Gasteiger partial charge in [0.2, 0.25) is 5.91 Å². The molecule has 4 aromatic rings. The first kappa shape index (κ1) is 18.9. The predicted molar refractivity (Wildman–Crippen MR) is 118 cm³/mol. The fraction of sp³-hybridized carbons (Fsp3) is 0.227. The van der Waals surface area contributed by atoms with Gasteiger partial charge in [-0.05, 0) is 42.7 Å². The Morgan fingerprint density at radius 1 is 1.14 bits per heavy atom. The van der Waals surface area contributed by atoms with Crippen molar-refractivity contribution in [3.63, 3.8) is 0 Å². The minimum Gasteiger partial charge on any atom is -0.349 e. The Hall–Kier alpha value is -2.44. The summed E-state index contributed by atoms with van der Waals surface area (Å²) < 4.78 is 0. The molecule has 0 saturated heterocycles. The maximum atomic E-state index is 12.6.